The first-order chi connectivity index (χ1) is 30.0. The number of hydrogen-bond acceptors (Lipinski definition) is 15. The number of carboxylic acid groups (broad SMARTS) is 1. The Hall–Kier alpha value is -1.09. The van der Waals surface area contributed by atoms with Crippen molar-refractivity contribution in [2.24, 2.45) is 35.5 Å². The lowest BCUT2D eigenvalue weighted by molar-refractivity contribution is -0.403. The van der Waals surface area contributed by atoms with Gasteiger partial charge in [-0.25, -0.2) is 0 Å². The average molecular weight is 915 g/mol. The molecule has 0 unspecified atom stereocenters. The van der Waals surface area contributed by atoms with E-state index in [-0.39, 0.29) is 78.9 Å². The van der Waals surface area contributed by atoms with Gasteiger partial charge in [0.25, 0.3) is 0 Å². The molecule has 3 N–H and O–H groups in total. The Morgan fingerprint density at radius 1 is 0.703 bits per heavy atom. The summed E-state index contributed by atoms with van der Waals surface area (Å²) in [6.07, 6.45) is 1.06. The van der Waals surface area contributed by atoms with Crippen molar-refractivity contribution in [3.05, 3.63) is 0 Å². The van der Waals surface area contributed by atoms with Gasteiger partial charge in [0.2, 0.25) is 0 Å². The summed E-state index contributed by atoms with van der Waals surface area (Å²) in [6.45, 7) is 19.2. The molecule has 1 spiro atoms. The third-order valence-corrected chi connectivity index (χ3v) is 17.4. The number of methoxy groups -OCH3 is 4. The topological polar surface area (TPSA) is 189 Å². The van der Waals surface area contributed by atoms with E-state index >= 15 is 0 Å². The minimum absolute atomic E-state index is 0.0384. The Morgan fingerprint density at radius 3 is 1.97 bits per heavy atom. The highest BCUT2D eigenvalue weighted by molar-refractivity contribution is 5.70. The van der Waals surface area contributed by atoms with Crippen LogP contribution in [0.25, 0.3) is 0 Å². The quantitative estimate of drug-likeness (QED) is 0.207. The van der Waals surface area contributed by atoms with E-state index in [1.54, 1.807) is 42.3 Å². The fraction of sp³-hybridized carbons (Fsp3) is 0.979. The van der Waals surface area contributed by atoms with E-state index in [0.29, 0.717) is 19.3 Å². The van der Waals surface area contributed by atoms with Gasteiger partial charge in [-0.3, -0.25) is 4.79 Å². The van der Waals surface area contributed by atoms with Gasteiger partial charge in [0.05, 0.1) is 73.2 Å². The van der Waals surface area contributed by atoms with Crippen LogP contribution in [-0.2, 0) is 61.6 Å². The first-order valence-corrected chi connectivity index (χ1v) is 24.2. The summed E-state index contributed by atoms with van der Waals surface area (Å²) in [6, 6.07) is 0. The second kappa shape index (κ2) is 19.0. The van der Waals surface area contributed by atoms with Crippen LogP contribution in [0.5, 0.6) is 0 Å². The summed E-state index contributed by atoms with van der Waals surface area (Å²) in [5, 5.41) is 33.5. The highest BCUT2D eigenvalue weighted by atomic mass is 16.8. The largest absolute Gasteiger partial charge is 0.481 e. The molecule has 7 fully saturated rings. The minimum atomic E-state index is -2.11. The molecule has 0 bridgehead atoms. The lowest BCUT2D eigenvalue weighted by atomic mass is 9.71. The van der Waals surface area contributed by atoms with Crippen LogP contribution in [0.15, 0.2) is 0 Å². The molecule has 7 rings (SSSR count). The van der Waals surface area contributed by atoms with Gasteiger partial charge >= 0.3 is 5.97 Å². The molecule has 7 heterocycles. The van der Waals surface area contributed by atoms with Crippen molar-refractivity contribution >= 4 is 5.97 Å². The fourth-order valence-corrected chi connectivity index (χ4v) is 13.3. The lowest BCUT2D eigenvalue weighted by Gasteiger charge is -2.58. The van der Waals surface area contributed by atoms with Gasteiger partial charge in [0.15, 0.2) is 23.7 Å². The van der Waals surface area contributed by atoms with Gasteiger partial charge in [0, 0.05) is 71.4 Å². The van der Waals surface area contributed by atoms with E-state index in [1.165, 1.54) is 6.92 Å². The first kappa shape index (κ1) is 50.8. The highest BCUT2D eigenvalue weighted by Gasteiger charge is 2.70. The van der Waals surface area contributed by atoms with E-state index < -0.39 is 77.1 Å². The third-order valence-electron chi connectivity index (χ3n) is 17.4. The Bertz CT molecular complexity index is 1600. The lowest BCUT2D eigenvalue weighted by Crippen LogP contribution is -2.71. The van der Waals surface area contributed by atoms with Crippen LogP contribution < -0.4 is 0 Å². The van der Waals surface area contributed by atoms with Gasteiger partial charge in [-0.05, 0) is 79.1 Å². The maximum Gasteiger partial charge on any atom is 0.311 e. The summed E-state index contributed by atoms with van der Waals surface area (Å²) < 4.78 is 79.0. The Morgan fingerprint density at radius 2 is 1.34 bits per heavy atom. The van der Waals surface area contributed by atoms with Crippen molar-refractivity contribution in [1.29, 1.82) is 0 Å². The van der Waals surface area contributed by atoms with Gasteiger partial charge in [0.1, 0.15) is 17.1 Å². The molecular weight excluding hydrogens is 833 g/mol. The van der Waals surface area contributed by atoms with E-state index in [1.807, 2.05) is 20.8 Å². The van der Waals surface area contributed by atoms with Crippen LogP contribution in [0, 0.1) is 35.5 Å². The highest BCUT2D eigenvalue weighted by Crippen LogP contribution is 2.57. The number of carbonyl (C=O) groups is 1. The zero-order chi connectivity index (χ0) is 46.9. The summed E-state index contributed by atoms with van der Waals surface area (Å²) in [4.78, 5) is 12.5. The molecule has 7 aliphatic rings. The number of ether oxygens (including phenoxy) is 12. The molecule has 0 amide bonds. The monoisotopic (exact) mass is 915 g/mol. The number of aliphatic carboxylic acids is 1. The van der Waals surface area contributed by atoms with E-state index in [9.17, 15) is 20.1 Å². The smallest absolute Gasteiger partial charge is 0.311 e. The van der Waals surface area contributed by atoms with Crippen LogP contribution >= 0.6 is 0 Å². The van der Waals surface area contributed by atoms with Crippen LogP contribution in [-0.4, -0.2) is 158 Å². The summed E-state index contributed by atoms with van der Waals surface area (Å²) in [5.74, 6) is -8.05. The predicted molar refractivity (Wildman–Crippen MR) is 231 cm³/mol. The summed E-state index contributed by atoms with van der Waals surface area (Å²) >= 11 is 0. The van der Waals surface area contributed by atoms with Crippen molar-refractivity contribution in [1.82, 2.24) is 0 Å². The second-order valence-electron chi connectivity index (χ2n) is 21.3. The van der Waals surface area contributed by atoms with Crippen LogP contribution in [0.3, 0.4) is 0 Å². The Kier molecular flexibility index (Phi) is 15.1. The van der Waals surface area contributed by atoms with E-state index in [2.05, 4.69) is 27.7 Å². The molecule has 0 aromatic rings. The van der Waals surface area contributed by atoms with Gasteiger partial charge < -0.3 is 72.2 Å². The normalized spacial score (nSPS) is 54.1. The van der Waals surface area contributed by atoms with Crippen molar-refractivity contribution in [2.45, 2.75) is 235 Å². The summed E-state index contributed by atoms with van der Waals surface area (Å²) in [7, 11) is 6.61. The molecule has 24 atom stereocenters. The maximum absolute atomic E-state index is 12.5. The van der Waals surface area contributed by atoms with E-state index in [4.69, 9.17) is 56.8 Å². The summed E-state index contributed by atoms with van der Waals surface area (Å²) in [5.41, 5.74) is -2.16. The molecule has 370 valence electrons. The van der Waals surface area contributed by atoms with Crippen molar-refractivity contribution < 1.29 is 77.0 Å². The maximum atomic E-state index is 12.5. The SMILES string of the molecule is CO[C@H]1CC[C@@H](O[C@@]2(C)[C@H](C[C@@H]3C[C@@H](OC)[C@@H](C)[C@]4(O3)O[C@](C)([C@H]3CC[C@@H]([C@H]5CC[C@H]([C@H]6O[C@](C)(O)[C@H](C)C[C@@H]6C)O5)O3)[C@H](OC)[C@H]4C)O[C@](O)([C@@H](C)C(=O)O)[C@@H](C)[C@@H]2OC)O[C@@H]1C. The van der Waals surface area contributed by atoms with E-state index in [0.717, 1.165) is 32.1 Å². The van der Waals surface area contributed by atoms with Crippen LogP contribution in [0.4, 0.5) is 0 Å². The molecule has 0 aromatic heterocycles. The molecule has 16 heteroatoms. The van der Waals surface area contributed by atoms with Crippen molar-refractivity contribution in [2.75, 3.05) is 28.4 Å². The first-order valence-electron chi connectivity index (χ1n) is 24.2. The minimum Gasteiger partial charge on any atom is -0.481 e. The molecule has 0 radical (unpaired) electrons. The zero-order valence-corrected chi connectivity index (χ0v) is 41.0. The molecular formula is C48H82O16. The zero-order valence-electron chi connectivity index (χ0n) is 41.0. The molecule has 7 saturated heterocycles. The number of rotatable bonds is 13. The average Bonchev–Trinajstić information content (AvgIpc) is 3.98. The molecule has 0 aromatic carbocycles. The second-order valence-corrected chi connectivity index (χ2v) is 21.3. The molecule has 16 nitrogen and oxygen atoms in total. The molecule has 7 aliphatic heterocycles. The number of carboxylic acids is 1. The molecule has 0 aliphatic carbocycles. The van der Waals surface area contributed by atoms with Crippen LogP contribution in [0.1, 0.15) is 127 Å². The van der Waals surface area contributed by atoms with Crippen LogP contribution in [0.2, 0.25) is 0 Å². The van der Waals surface area contributed by atoms with Gasteiger partial charge in [-0.1, -0.05) is 34.6 Å². The predicted octanol–water partition coefficient (Wildman–Crippen LogP) is 5.59. The van der Waals surface area contributed by atoms with Gasteiger partial charge in [-0.2, -0.15) is 0 Å². The molecule has 0 saturated carbocycles. The standard InChI is InChI=1S/C48H82O16/c1-24-21-25(2)46(10,51)63-40(24)35-16-15-33(58-35)34-17-19-37(59-34)45(9)42(56-14)28(5)48(64-45)26(3)36(54-12)22-31(60-48)23-38-44(8,62-39-20-18-32(53-11)30(7)57-39)41(55-13)27(4)47(52,61-38)29(6)43(49)50/h24-42,51-52H,15-23H2,1-14H3,(H,49,50)/t24-,25+,26+,27-,28+,29-,30+,31-,32-,33+,34-,35+,36+,37+,38-,39+,40-,41-,42+,44-,45+,46-,47-,48-/m0/s1. The van der Waals surface area contributed by atoms with Crippen molar-refractivity contribution in [3.63, 3.8) is 0 Å². The number of hydrogen-bond donors (Lipinski definition) is 3. The Labute approximate surface area is 381 Å². The fourth-order valence-electron chi connectivity index (χ4n) is 13.3. The third kappa shape index (κ3) is 8.77. The molecule has 64 heavy (non-hydrogen) atoms. The van der Waals surface area contributed by atoms with Gasteiger partial charge in [-0.15, -0.1) is 0 Å². The number of aliphatic hydroxyl groups is 2. The van der Waals surface area contributed by atoms with Crippen molar-refractivity contribution in [3.8, 4) is 0 Å². The Balaban J connectivity index is 1.13.